The fourth-order valence-corrected chi connectivity index (χ4v) is 14.2. The number of rotatable bonds is 24. The van der Waals surface area contributed by atoms with Crippen molar-refractivity contribution < 1.29 is 90.3 Å². The van der Waals surface area contributed by atoms with Crippen molar-refractivity contribution in [3.8, 4) is 11.8 Å². The van der Waals surface area contributed by atoms with Crippen LogP contribution >= 0.6 is 15.9 Å². The zero-order valence-corrected chi connectivity index (χ0v) is 69.5. The van der Waals surface area contributed by atoms with Gasteiger partial charge in [-0.3, -0.25) is 63.1 Å². The Balaban J connectivity index is 0.000000264. The second kappa shape index (κ2) is 38.0. The molecule has 620 valence electrons. The number of ether oxygens (including phenoxy) is 6. The number of aromatic amines is 2. The number of amides is 1. The van der Waals surface area contributed by atoms with Gasteiger partial charge in [-0.25, -0.2) is 19.2 Å². The third-order valence-corrected chi connectivity index (χ3v) is 29.2. The standard InChI is InChI=1S/C27H49BrN2O7Si2.C25H27F3N4O9.C21H27N3O8/c1-25(2,3)36-24(33)30-22(31)18(15-28)16-29(23(30)32)21-14-19(37-39(12,13)27(7,8)9)20(35-21)17-34-38(10,11)26(4,5)6;1-13(2)21(16-6-5-14(8-17(16)32(38)39)4-3-7-29-23(36)25(26,27)28)40-12-15-10-31(24(37)30-22(15)35)20-9-18(34)19(11-33)41-20;1-11(2)19(14-5-4-12(3)6-15(14)24(29)30)31-10-13-8-23(21(28)22-20(13)27)18-7-16(26)17(9-25)32-18/h16,19-21H,14-15,17H2,1-13H3;5-6,8,10,13,18-21,33-34H,7,9,11-12H2,1-2H3,(H,29,36)(H,30,35,37);4-6,8,11,16-19,25-26H,7,9-10H2,1-3H3,(H,22,27,28)/t19-,20-,21-;18-,19-,20-,21+;16-,17-,18-,19-/m111/s1. The van der Waals surface area contributed by atoms with E-state index in [2.05, 4.69) is 105 Å². The zero-order valence-electron chi connectivity index (χ0n) is 65.9. The maximum Gasteiger partial charge on any atom is 0.471 e. The number of carbonyl (C=O) groups excluding carboxylic acids is 2. The van der Waals surface area contributed by atoms with Crippen LogP contribution in [0.25, 0.3) is 0 Å². The minimum Gasteiger partial charge on any atom is -0.443 e. The number of aromatic nitrogens is 6. The summed E-state index contributed by atoms with van der Waals surface area (Å²) >= 11 is 3.31. The van der Waals surface area contributed by atoms with E-state index in [0.717, 1.165) is 20.8 Å². The van der Waals surface area contributed by atoms with E-state index in [4.69, 9.17) is 37.3 Å². The van der Waals surface area contributed by atoms with Crippen LogP contribution in [0.15, 0.2) is 83.8 Å². The first-order valence-corrected chi connectivity index (χ1v) is 43.0. The lowest BCUT2D eigenvalue weighted by atomic mass is 9.96. The van der Waals surface area contributed by atoms with Gasteiger partial charge in [0.2, 0.25) is 0 Å². The van der Waals surface area contributed by atoms with Gasteiger partial charge in [0.05, 0.1) is 102 Å². The number of nitro benzene ring substituents is 2. The van der Waals surface area contributed by atoms with Gasteiger partial charge in [-0.2, -0.15) is 17.7 Å². The van der Waals surface area contributed by atoms with Crippen LogP contribution in [0.4, 0.5) is 29.3 Å². The molecule has 11 atom stereocenters. The molecule has 0 aliphatic carbocycles. The van der Waals surface area contributed by atoms with Crippen LogP contribution in [0.5, 0.6) is 0 Å². The molecule has 1 amide bonds. The number of aliphatic hydroxyl groups excluding tert-OH is 4. The SMILES string of the molecule is CC(C)(C)OC(=O)n1c(=O)c(CBr)cn([C@H]2C[C@@H](O[Si](C)(C)C(C)(C)C)[C@@H](CO[Si](C)(C)C(C)(C)C)O2)c1=O.CC(C)[C@H](OCc1cn([C@H]2C[C@@H](O)[C@@H](CO)O2)c(=O)[nH]c1=O)c1ccc(C#CCNC(=O)C(F)(F)F)cc1[N+](=O)[O-].Cc1ccc([C@H](OCc2cn([C@H]3C[C@@H](O)[C@@H](CO)O3)c(=O)[nH]c2=O)C(C)C)c([N+](=O)[O-])c1. The van der Waals surface area contributed by atoms with Crippen LogP contribution in [0.2, 0.25) is 36.3 Å². The van der Waals surface area contributed by atoms with Crippen molar-refractivity contribution in [3.63, 3.8) is 0 Å². The number of hydrogen-bond acceptors (Lipinski definition) is 24. The highest BCUT2D eigenvalue weighted by molar-refractivity contribution is 9.08. The molecule has 8 rings (SSSR count). The van der Waals surface area contributed by atoms with Gasteiger partial charge in [0.25, 0.3) is 28.1 Å². The Morgan fingerprint density at radius 1 is 0.679 bits per heavy atom. The van der Waals surface area contributed by atoms with E-state index < -0.39 is 171 Å². The molecule has 33 nitrogen and oxygen atoms in total. The predicted octanol–water partition coefficient (Wildman–Crippen LogP) is 8.73. The summed E-state index contributed by atoms with van der Waals surface area (Å²) in [4.78, 5) is 126. The Hall–Kier alpha value is -7.96. The zero-order chi connectivity index (χ0) is 84.4. The molecular weight excluding hydrogens is 1580 g/mol. The Morgan fingerprint density at radius 2 is 1.12 bits per heavy atom. The maximum absolute atomic E-state index is 13.6. The number of benzene rings is 2. The van der Waals surface area contributed by atoms with Gasteiger partial charge in [0.15, 0.2) is 16.6 Å². The van der Waals surface area contributed by atoms with Crippen molar-refractivity contribution in [2.75, 3.05) is 26.4 Å². The molecule has 0 bridgehead atoms. The normalized spacial score (nSPS) is 20.8. The van der Waals surface area contributed by atoms with E-state index in [0.29, 0.717) is 23.2 Å². The third kappa shape index (κ3) is 23.8. The molecule has 7 N–H and O–H groups in total. The predicted molar refractivity (Wildman–Crippen MR) is 410 cm³/mol. The smallest absolute Gasteiger partial charge is 0.443 e. The summed E-state index contributed by atoms with van der Waals surface area (Å²) in [6, 6.07) is 8.75. The van der Waals surface area contributed by atoms with Crippen LogP contribution in [0.1, 0.15) is 179 Å². The highest BCUT2D eigenvalue weighted by Crippen LogP contribution is 2.44. The number of H-pyrrole nitrogens is 2. The van der Waals surface area contributed by atoms with Crippen molar-refractivity contribution in [2.24, 2.45) is 11.8 Å². The average molecular weight is 1680 g/mol. The summed E-state index contributed by atoms with van der Waals surface area (Å²) in [5, 5.41) is 63.6. The average Bonchev–Trinajstić information content (AvgIpc) is 1.46. The summed E-state index contributed by atoms with van der Waals surface area (Å²) in [6.07, 6.45) is -10.3. The number of aliphatic hydroxyl groups is 4. The van der Waals surface area contributed by atoms with Gasteiger partial charge in [-0.1, -0.05) is 103 Å². The summed E-state index contributed by atoms with van der Waals surface area (Å²) in [7, 11) is -4.28. The summed E-state index contributed by atoms with van der Waals surface area (Å²) in [6.45, 7) is 34.0. The van der Waals surface area contributed by atoms with E-state index >= 15 is 0 Å². The number of halogens is 4. The number of carbonyl (C=O) groups is 2. The minimum absolute atomic E-state index is 0.00756. The monoisotopic (exact) mass is 1680 g/mol. The Bertz CT molecular complexity index is 4620. The molecule has 0 spiro atoms. The molecule has 3 fully saturated rings. The number of alkyl halides is 4. The molecule has 3 aliphatic rings. The van der Waals surface area contributed by atoms with E-state index in [1.165, 1.54) is 41.4 Å². The van der Waals surface area contributed by atoms with Crippen molar-refractivity contribution in [1.29, 1.82) is 0 Å². The largest absolute Gasteiger partial charge is 0.471 e. The van der Waals surface area contributed by atoms with Crippen molar-refractivity contribution in [3.05, 3.63) is 177 Å². The molecule has 6 heterocycles. The first-order valence-electron chi connectivity index (χ1n) is 36.1. The number of hydrogen-bond donors (Lipinski definition) is 7. The van der Waals surface area contributed by atoms with Gasteiger partial charge >= 0.3 is 35.2 Å². The molecule has 3 aliphatic heterocycles. The number of nitrogens with one attached hydrogen (secondary N) is 3. The summed E-state index contributed by atoms with van der Waals surface area (Å²) < 4.78 is 88.8. The molecule has 112 heavy (non-hydrogen) atoms. The fourth-order valence-electron chi connectivity index (χ4n) is 11.5. The third-order valence-electron chi connectivity index (χ3n) is 19.6. The van der Waals surface area contributed by atoms with Crippen molar-refractivity contribution in [1.82, 2.24) is 33.6 Å². The van der Waals surface area contributed by atoms with Gasteiger partial charge in [-0.15, -0.1) is 0 Å². The second-order valence-corrected chi connectivity index (χ2v) is 42.2. The first-order chi connectivity index (χ1) is 51.8. The van der Waals surface area contributed by atoms with Gasteiger partial charge in [0, 0.05) is 66.4 Å². The van der Waals surface area contributed by atoms with E-state index in [-0.39, 0.29) is 92.9 Å². The summed E-state index contributed by atoms with van der Waals surface area (Å²) in [5.41, 5.74) is -4.05. The van der Waals surface area contributed by atoms with Crippen molar-refractivity contribution in [2.45, 2.75) is 250 Å². The topological polar surface area (TPSA) is 441 Å². The number of nitro groups is 2. The number of nitrogens with zero attached hydrogens (tertiary/aromatic N) is 6. The van der Waals surface area contributed by atoms with Crippen LogP contribution in [0.3, 0.4) is 0 Å². The lowest BCUT2D eigenvalue weighted by Crippen LogP contribution is -2.48. The van der Waals surface area contributed by atoms with Crippen LogP contribution in [-0.2, 0) is 60.6 Å². The Morgan fingerprint density at radius 3 is 1.54 bits per heavy atom. The lowest BCUT2D eigenvalue weighted by Gasteiger charge is -2.40. The molecule has 39 heteroatoms. The van der Waals surface area contributed by atoms with Gasteiger partial charge < -0.3 is 63.0 Å². The fraction of sp³-hybridized carbons (Fsp3) is 0.616. The molecule has 0 unspecified atom stereocenters. The van der Waals surface area contributed by atoms with E-state index in [1.807, 2.05) is 13.8 Å². The van der Waals surface area contributed by atoms with E-state index in [9.17, 15) is 92.2 Å². The molecule has 5 aromatic rings. The van der Waals surface area contributed by atoms with E-state index in [1.54, 1.807) is 59.0 Å². The minimum atomic E-state index is -5.06. The Labute approximate surface area is 653 Å². The highest BCUT2D eigenvalue weighted by Gasteiger charge is 2.48. The quantitative estimate of drug-likeness (QED) is 0.00997. The van der Waals surface area contributed by atoms with Crippen LogP contribution in [-0.4, -0.2) is 162 Å². The Kier molecular flexibility index (Phi) is 31.5. The molecule has 0 saturated carbocycles. The molecule has 2 aromatic carbocycles. The second-order valence-electron chi connectivity index (χ2n) is 32.1. The highest BCUT2D eigenvalue weighted by atomic mass is 79.9. The molecule has 0 radical (unpaired) electrons. The van der Waals surface area contributed by atoms with Crippen LogP contribution < -0.4 is 39.1 Å². The molecular formula is C73H103BrF3N9O24Si2. The molecule has 3 saturated heterocycles. The maximum atomic E-state index is 13.6. The first kappa shape index (κ1) is 92.9. The van der Waals surface area contributed by atoms with Gasteiger partial charge in [0.1, 0.15) is 42.6 Å². The number of aryl methyl sites for hydroxylation is 1. The molecule has 3 aromatic heterocycles. The van der Waals surface area contributed by atoms with Gasteiger partial charge in [-0.05, 0) is 99.6 Å². The van der Waals surface area contributed by atoms with Crippen LogP contribution in [0, 0.1) is 50.8 Å². The van der Waals surface area contributed by atoms with Crippen molar-refractivity contribution >= 4 is 55.9 Å². The lowest BCUT2D eigenvalue weighted by molar-refractivity contribution is -0.386. The summed E-state index contributed by atoms with van der Waals surface area (Å²) in [5.74, 6) is 2.11.